The van der Waals surface area contributed by atoms with E-state index in [2.05, 4.69) is 0 Å². The molecule has 2 rings (SSSR count). The molecule has 1 aliphatic heterocycles. The molecule has 0 bridgehead atoms. The molecular formula is C14H20N2O2. The van der Waals surface area contributed by atoms with Crippen molar-refractivity contribution < 1.29 is 9.53 Å². The summed E-state index contributed by atoms with van der Waals surface area (Å²) in [6, 6.07) is 6.81. The molecule has 0 saturated carbocycles. The number of rotatable bonds is 3. The van der Waals surface area contributed by atoms with Crippen LogP contribution in [0.1, 0.15) is 30.9 Å². The summed E-state index contributed by atoms with van der Waals surface area (Å²) in [6.07, 6.45) is 3.38. The van der Waals surface area contributed by atoms with Crippen LogP contribution < -0.4 is 10.5 Å². The Balaban J connectivity index is 2.04. The van der Waals surface area contributed by atoms with E-state index in [0.717, 1.165) is 37.2 Å². The molecule has 1 saturated heterocycles. The summed E-state index contributed by atoms with van der Waals surface area (Å²) in [5.41, 5.74) is 6.87. The van der Waals surface area contributed by atoms with Gasteiger partial charge in [-0.15, -0.1) is 0 Å². The summed E-state index contributed by atoms with van der Waals surface area (Å²) in [5, 5.41) is 0. The molecule has 1 aromatic rings. The minimum absolute atomic E-state index is 0.0277. The zero-order valence-electron chi connectivity index (χ0n) is 10.8. The standard InChI is InChI=1S/C14H20N2O2/c1-18-12-7-5-11(6-8-12)13(15)14(17)16-9-3-2-4-10-16/h5-8,13H,2-4,9-10,15H2,1H3. The fourth-order valence-corrected chi connectivity index (χ4v) is 2.26. The van der Waals surface area contributed by atoms with Gasteiger partial charge in [-0.3, -0.25) is 4.79 Å². The van der Waals surface area contributed by atoms with E-state index >= 15 is 0 Å². The first-order valence-electron chi connectivity index (χ1n) is 6.40. The fourth-order valence-electron chi connectivity index (χ4n) is 2.26. The number of nitrogens with zero attached hydrogens (tertiary/aromatic N) is 1. The Morgan fingerprint density at radius 1 is 1.22 bits per heavy atom. The fraction of sp³-hybridized carbons (Fsp3) is 0.500. The number of amides is 1. The van der Waals surface area contributed by atoms with Gasteiger partial charge in [-0.1, -0.05) is 12.1 Å². The van der Waals surface area contributed by atoms with E-state index in [0.29, 0.717) is 0 Å². The lowest BCUT2D eigenvalue weighted by molar-refractivity contribution is -0.133. The molecule has 4 heteroatoms. The maximum absolute atomic E-state index is 12.2. The number of carbonyl (C=O) groups is 1. The van der Waals surface area contributed by atoms with Gasteiger partial charge in [0, 0.05) is 13.1 Å². The molecule has 0 aromatic heterocycles. The van der Waals surface area contributed by atoms with Crippen LogP contribution in [0.4, 0.5) is 0 Å². The number of carbonyl (C=O) groups excluding carboxylic acids is 1. The Morgan fingerprint density at radius 2 is 1.83 bits per heavy atom. The number of piperidine rings is 1. The minimum Gasteiger partial charge on any atom is -0.497 e. The number of likely N-dealkylation sites (tertiary alicyclic amines) is 1. The van der Waals surface area contributed by atoms with Crippen LogP contribution in [0.2, 0.25) is 0 Å². The van der Waals surface area contributed by atoms with Gasteiger partial charge in [0.2, 0.25) is 5.91 Å². The molecule has 98 valence electrons. The summed E-state index contributed by atoms with van der Waals surface area (Å²) >= 11 is 0. The summed E-state index contributed by atoms with van der Waals surface area (Å²) in [4.78, 5) is 14.1. The molecule has 1 fully saturated rings. The number of benzene rings is 1. The topological polar surface area (TPSA) is 55.6 Å². The predicted molar refractivity (Wildman–Crippen MR) is 70.4 cm³/mol. The van der Waals surface area contributed by atoms with Crippen molar-refractivity contribution in [2.24, 2.45) is 5.73 Å². The summed E-state index contributed by atoms with van der Waals surface area (Å²) in [5.74, 6) is 0.802. The van der Waals surface area contributed by atoms with E-state index in [1.54, 1.807) is 7.11 Å². The molecule has 1 aromatic carbocycles. The molecule has 1 atom stereocenters. The van der Waals surface area contributed by atoms with E-state index < -0.39 is 6.04 Å². The van der Waals surface area contributed by atoms with Crippen molar-refractivity contribution in [2.45, 2.75) is 25.3 Å². The van der Waals surface area contributed by atoms with Gasteiger partial charge in [-0.2, -0.15) is 0 Å². The zero-order chi connectivity index (χ0) is 13.0. The van der Waals surface area contributed by atoms with Crippen molar-refractivity contribution >= 4 is 5.91 Å². The Hall–Kier alpha value is -1.55. The van der Waals surface area contributed by atoms with Gasteiger partial charge in [-0.25, -0.2) is 0 Å². The number of hydrogen-bond acceptors (Lipinski definition) is 3. The third-order valence-electron chi connectivity index (χ3n) is 3.41. The molecule has 0 spiro atoms. The lowest BCUT2D eigenvalue weighted by Gasteiger charge is -2.29. The highest BCUT2D eigenvalue weighted by Crippen LogP contribution is 2.19. The van der Waals surface area contributed by atoms with E-state index in [1.165, 1.54) is 6.42 Å². The maximum atomic E-state index is 12.2. The van der Waals surface area contributed by atoms with Crippen molar-refractivity contribution in [3.8, 4) is 5.75 Å². The largest absolute Gasteiger partial charge is 0.497 e. The molecule has 18 heavy (non-hydrogen) atoms. The number of methoxy groups -OCH3 is 1. The van der Waals surface area contributed by atoms with Gasteiger partial charge in [0.25, 0.3) is 0 Å². The summed E-state index contributed by atoms with van der Waals surface area (Å²) in [7, 11) is 1.62. The molecule has 1 unspecified atom stereocenters. The second-order valence-electron chi connectivity index (χ2n) is 4.64. The highest BCUT2D eigenvalue weighted by Gasteiger charge is 2.23. The normalized spacial score (nSPS) is 17.3. The lowest BCUT2D eigenvalue weighted by Crippen LogP contribution is -2.41. The Kier molecular flexibility index (Phi) is 4.20. The summed E-state index contributed by atoms with van der Waals surface area (Å²) in [6.45, 7) is 1.67. The van der Waals surface area contributed by atoms with Crippen molar-refractivity contribution in [2.75, 3.05) is 20.2 Å². The Bertz CT molecular complexity index is 397. The highest BCUT2D eigenvalue weighted by atomic mass is 16.5. The first-order valence-corrected chi connectivity index (χ1v) is 6.40. The molecule has 2 N–H and O–H groups in total. The number of ether oxygens (including phenoxy) is 1. The van der Waals surface area contributed by atoms with Crippen molar-refractivity contribution in [1.29, 1.82) is 0 Å². The molecule has 1 amide bonds. The smallest absolute Gasteiger partial charge is 0.244 e. The average Bonchev–Trinajstić information content (AvgIpc) is 2.47. The van der Waals surface area contributed by atoms with Crippen LogP contribution in [0.3, 0.4) is 0 Å². The zero-order valence-corrected chi connectivity index (χ0v) is 10.8. The second-order valence-corrected chi connectivity index (χ2v) is 4.64. The lowest BCUT2D eigenvalue weighted by atomic mass is 10.0. The van der Waals surface area contributed by atoms with Gasteiger partial charge in [-0.05, 0) is 37.0 Å². The molecule has 4 nitrogen and oxygen atoms in total. The van der Waals surface area contributed by atoms with Crippen LogP contribution in [0, 0.1) is 0 Å². The van der Waals surface area contributed by atoms with Crippen molar-refractivity contribution in [3.63, 3.8) is 0 Å². The average molecular weight is 248 g/mol. The van der Waals surface area contributed by atoms with Gasteiger partial charge in [0.15, 0.2) is 0 Å². The van der Waals surface area contributed by atoms with Gasteiger partial charge in [0.05, 0.1) is 7.11 Å². The van der Waals surface area contributed by atoms with Gasteiger partial charge in [0.1, 0.15) is 11.8 Å². The highest BCUT2D eigenvalue weighted by molar-refractivity contribution is 5.83. The third kappa shape index (κ3) is 2.82. The molecule has 0 radical (unpaired) electrons. The monoisotopic (exact) mass is 248 g/mol. The van der Waals surface area contributed by atoms with E-state index in [-0.39, 0.29) is 5.91 Å². The Labute approximate surface area is 108 Å². The van der Waals surface area contributed by atoms with Crippen LogP contribution in [0.5, 0.6) is 5.75 Å². The molecule has 0 aliphatic carbocycles. The SMILES string of the molecule is COc1ccc(C(N)C(=O)N2CCCCC2)cc1. The first kappa shape index (κ1) is 12.9. The van der Waals surface area contributed by atoms with E-state index in [1.807, 2.05) is 29.2 Å². The Morgan fingerprint density at radius 3 is 2.39 bits per heavy atom. The van der Waals surface area contributed by atoms with Crippen molar-refractivity contribution in [3.05, 3.63) is 29.8 Å². The quantitative estimate of drug-likeness (QED) is 0.886. The first-order chi connectivity index (χ1) is 8.72. The maximum Gasteiger partial charge on any atom is 0.244 e. The van der Waals surface area contributed by atoms with Crippen LogP contribution in [-0.4, -0.2) is 31.0 Å². The number of hydrogen-bond donors (Lipinski definition) is 1. The van der Waals surface area contributed by atoms with Gasteiger partial charge < -0.3 is 15.4 Å². The molecule has 1 heterocycles. The molecular weight excluding hydrogens is 228 g/mol. The van der Waals surface area contributed by atoms with Crippen LogP contribution in [-0.2, 0) is 4.79 Å². The van der Waals surface area contributed by atoms with Gasteiger partial charge >= 0.3 is 0 Å². The van der Waals surface area contributed by atoms with E-state index in [9.17, 15) is 4.79 Å². The molecule has 1 aliphatic rings. The van der Waals surface area contributed by atoms with Crippen LogP contribution >= 0.6 is 0 Å². The third-order valence-corrected chi connectivity index (χ3v) is 3.41. The van der Waals surface area contributed by atoms with Crippen molar-refractivity contribution in [1.82, 2.24) is 4.90 Å². The number of nitrogens with two attached hydrogens (primary N) is 1. The minimum atomic E-state index is -0.561. The van der Waals surface area contributed by atoms with Crippen LogP contribution in [0.15, 0.2) is 24.3 Å². The van der Waals surface area contributed by atoms with E-state index in [4.69, 9.17) is 10.5 Å². The van der Waals surface area contributed by atoms with Crippen LogP contribution in [0.25, 0.3) is 0 Å². The predicted octanol–water partition coefficient (Wildman–Crippen LogP) is 1.71. The second kappa shape index (κ2) is 5.87. The summed E-state index contributed by atoms with van der Waals surface area (Å²) < 4.78 is 5.09.